The number of aliphatic hydroxyl groups is 2. The van der Waals surface area contributed by atoms with Crippen LogP contribution in [-0.4, -0.2) is 88.0 Å². The minimum atomic E-state index is -0.199. The number of methoxy groups -OCH3 is 1. The van der Waals surface area contributed by atoms with Gasteiger partial charge in [-0.25, -0.2) is 0 Å². The van der Waals surface area contributed by atoms with E-state index in [-0.39, 0.29) is 25.3 Å². The minimum absolute atomic E-state index is 0.00535. The van der Waals surface area contributed by atoms with E-state index < -0.39 is 0 Å². The topological polar surface area (TPSA) is 122 Å². The molecule has 5 aromatic rings. The molecule has 48 heavy (non-hydrogen) atoms. The second-order valence-electron chi connectivity index (χ2n) is 12.4. The molecule has 0 bridgehead atoms. The predicted octanol–water partition coefficient (Wildman–Crippen LogP) is 3.97. The number of hydrogen-bond acceptors (Lipinski definition) is 9. The number of pyridine rings is 2. The van der Waals surface area contributed by atoms with E-state index in [0.717, 1.165) is 87.1 Å². The summed E-state index contributed by atoms with van der Waals surface area (Å²) in [4.78, 5) is 17.2. The molecule has 2 aromatic carbocycles. The molecule has 4 heterocycles. The standard InChI is InChI=1S/C38H47N7O3/c1-48-31-12-13-34-33(22-31)32-14-19-45(37(27-47)38(32)43-34)25-29-10-8-28(9-11-29)24-44(20-17-39-23-30-6-2-4-15-40-30)21-18-42-36(26-46)35-7-3-5-16-41-35/h2-13,15-16,22,36-37,39,42-43,46-47H,14,17-21,23-27H2,1H3/t36?,37-/m0/s1. The summed E-state index contributed by atoms with van der Waals surface area (Å²) in [5.41, 5.74) is 7.82. The Bertz CT molecular complexity index is 1700. The average Bonchev–Trinajstić information content (AvgIpc) is 3.51. The van der Waals surface area contributed by atoms with Crippen molar-refractivity contribution in [3.63, 3.8) is 0 Å². The lowest BCUT2D eigenvalue weighted by atomic mass is 9.97. The van der Waals surface area contributed by atoms with Crippen LogP contribution < -0.4 is 15.4 Å². The van der Waals surface area contributed by atoms with Gasteiger partial charge in [0.25, 0.3) is 0 Å². The van der Waals surface area contributed by atoms with Crippen LogP contribution in [0, 0.1) is 0 Å². The van der Waals surface area contributed by atoms with Gasteiger partial charge < -0.3 is 30.6 Å². The maximum atomic E-state index is 10.5. The highest BCUT2D eigenvalue weighted by Gasteiger charge is 2.30. The highest BCUT2D eigenvalue weighted by molar-refractivity contribution is 5.86. The van der Waals surface area contributed by atoms with Gasteiger partial charge in [0, 0.05) is 81.3 Å². The number of aliphatic hydroxyl groups excluding tert-OH is 2. The van der Waals surface area contributed by atoms with Gasteiger partial charge in [-0.05, 0) is 65.6 Å². The lowest BCUT2D eigenvalue weighted by molar-refractivity contribution is 0.106. The number of fused-ring (bicyclic) bond motifs is 3. The van der Waals surface area contributed by atoms with Crippen molar-refractivity contribution in [1.29, 1.82) is 0 Å². The first-order valence-corrected chi connectivity index (χ1v) is 16.8. The van der Waals surface area contributed by atoms with Crippen molar-refractivity contribution in [3.8, 4) is 5.75 Å². The average molecular weight is 650 g/mol. The molecule has 2 atom stereocenters. The van der Waals surface area contributed by atoms with Gasteiger partial charge >= 0.3 is 0 Å². The molecule has 0 radical (unpaired) electrons. The lowest BCUT2D eigenvalue weighted by Crippen LogP contribution is -2.38. The highest BCUT2D eigenvalue weighted by atomic mass is 16.5. The Balaban J connectivity index is 1.07. The molecule has 1 aliphatic heterocycles. The fourth-order valence-electron chi connectivity index (χ4n) is 6.63. The molecule has 6 rings (SSSR count). The Morgan fingerprint density at radius 3 is 2.48 bits per heavy atom. The molecular formula is C38H47N7O3. The van der Waals surface area contributed by atoms with Crippen molar-refractivity contribution in [2.45, 2.75) is 38.1 Å². The number of nitrogens with zero attached hydrogens (tertiary/aromatic N) is 4. The zero-order chi connectivity index (χ0) is 33.1. The van der Waals surface area contributed by atoms with Crippen molar-refractivity contribution in [3.05, 3.63) is 125 Å². The van der Waals surface area contributed by atoms with Gasteiger partial charge in [-0.2, -0.15) is 0 Å². The van der Waals surface area contributed by atoms with Crippen LogP contribution in [0.5, 0.6) is 5.75 Å². The zero-order valence-corrected chi connectivity index (χ0v) is 27.7. The first-order chi connectivity index (χ1) is 23.6. The quantitative estimate of drug-likeness (QED) is 0.0953. The molecule has 252 valence electrons. The van der Waals surface area contributed by atoms with E-state index in [1.807, 2.05) is 48.7 Å². The number of rotatable bonds is 17. The first kappa shape index (κ1) is 33.7. The lowest BCUT2D eigenvalue weighted by Gasteiger charge is -2.34. The summed E-state index contributed by atoms with van der Waals surface area (Å²) >= 11 is 0. The first-order valence-electron chi connectivity index (χ1n) is 16.8. The molecule has 0 amide bonds. The van der Waals surface area contributed by atoms with Crippen LogP contribution in [0.1, 0.15) is 45.9 Å². The van der Waals surface area contributed by atoms with Crippen LogP contribution in [0.3, 0.4) is 0 Å². The van der Waals surface area contributed by atoms with Gasteiger partial charge in [0.05, 0.1) is 43.8 Å². The molecule has 0 saturated heterocycles. The molecular weight excluding hydrogens is 602 g/mol. The smallest absolute Gasteiger partial charge is 0.119 e. The molecule has 5 N–H and O–H groups in total. The van der Waals surface area contributed by atoms with Crippen LogP contribution in [0.15, 0.2) is 91.3 Å². The van der Waals surface area contributed by atoms with Crippen LogP contribution >= 0.6 is 0 Å². The summed E-state index contributed by atoms with van der Waals surface area (Å²) < 4.78 is 5.46. The van der Waals surface area contributed by atoms with Crippen molar-refractivity contribution < 1.29 is 14.9 Å². The maximum absolute atomic E-state index is 10.5. The molecule has 0 spiro atoms. The molecule has 0 fully saturated rings. The van der Waals surface area contributed by atoms with E-state index >= 15 is 0 Å². The minimum Gasteiger partial charge on any atom is -0.497 e. The number of aromatic nitrogens is 3. The normalized spacial score (nSPS) is 15.5. The summed E-state index contributed by atoms with van der Waals surface area (Å²) in [6.45, 7) is 6.49. The van der Waals surface area contributed by atoms with Gasteiger partial charge in [-0.1, -0.05) is 36.4 Å². The van der Waals surface area contributed by atoms with Crippen molar-refractivity contribution in [2.24, 2.45) is 0 Å². The van der Waals surface area contributed by atoms with Crippen LogP contribution in [0.2, 0.25) is 0 Å². The summed E-state index contributed by atoms with van der Waals surface area (Å²) in [5, 5.41) is 28.7. The fourth-order valence-corrected chi connectivity index (χ4v) is 6.63. The van der Waals surface area contributed by atoms with Gasteiger partial charge in [-0.3, -0.25) is 19.8 Å². The van der Waals surface area contributed by atoms with Crippen molar-refractivity contribution in [2.75, 3.05) is 53.0 Å². The monoisotopic (exact) mass is 649 g/mol. The molecule has 3 aromatic heterocycles. The number of ether oxygens (including phenoxy) is 1. The Labute approximate surface area is 282 Å². The molecule has 0 saturated carbocycles. The van der Waals surface area contributed by atoms with Crippen LogP contribution in [0.25, 0.3) is 10.9 Å². The Kier molecular flexibility index (Phi) is 11.8. The van der Waals surface area contributed by atoms with E-state index in [1.54, 1.807) is 13.3 Å². The number of benzene rings is 2. The number of H-pyrrole nitrogens is 1. The largest absolute Gasteiger partial charge is 0.497 e. The van der Waals surface area contributed by atoms with Crippen molar-refractivity contribution in [1.82, 2.24) is 35.4 Å². The predicted molar refractivity (Wildman–Crippen MR) is 189 cm³/mol. The molecule has 1 unspecified atom stereocenters. The van der Waals surface area contributed by atoms with E-state index in [0.29, 0.717) is 0 Å². The second-order valence-corrected chi connectivity index (χ2v) is 12.4. The van der Waals surface area contributed by atoms with Gasteiger partial charge in [0.1, 0.15) is 5.75 Å². The summed E-state index contributed by atoms with van der Waals surface area (Å²) in [6.07, 6.45) is 4.50. The van der Waals surface area contributed by atoms with Crippen molar-refractivity contribution >= 4 is 10.9 Å². The third kappa shape index (κ3) is 8.46. The van der Waals surface area contributed by atoms with E-state index in [1.165, 1.54) is 22.1 Å². The van der Waals surface area contributed by atoms with E-state index in [9.17, 15) is 10.2 Å². The fraction of sp³-hybridized carbons (Fsp3) is 0.368. The van der Waals surface area contributed by atoms with Gasteiger partial charge in [0.2, 0.25) is 0 Å². The summed E-state index contributed by atoms with van der Waals surface area (Å²) in [5.74, 6) is 0.849. The SMILES string of the molecule is COc1ccc2[nH]c3c(c2c1)CCN(Cc1ccc(CN(CCNCc2ccccn2)CCNC(CO)c2ccccn2)cc1)[C@H]3CO. The second kappa shape index (κ2) is 16.8. The van der Waals surface area contributed by atoms with Crippen LogP contribution in [0.4, 0.5) is 0 Å². The Morgan fingerprint density at radius 1 is 0.958 bits per heavy atom. The molecule has 10 heteroatoms. The summed E-state index contributed by atoms with van der Waals surface area (Å²) in [7, 11) is 1.69. The highest BCUT2D eigenvalue weighted by Crippen LogP contribution is 2.36. The third-order valence-corrected chi connectivity index (χ3v) is 9.24. The Morgan fingerprint density at radius 2 is 1.75 bits per heavy atom. The molecule has 10 nitrogen and oxygen atoms in total. The number of nitrogens with one attached hydrogen (secondary N) is 3. The Hall–Kier alpha value is -4.16. The van der Waals surface area contributed by atoms with E-state index in [4.69, 9.17) is 4.74 Å². The summed E-state index contributed by atoms with van der Waals surface area (Å²) in [6, 6.07) is 26.5. The molecule has 0 aliphatic carbocycles. The zero-order valence-electron chi connectivity index (χ0n) is 27.7. The third-order valence-electron chi connectivity index (χ3n) is 9.24. The van der Waals surface area contributed by atoms with Crippen LogP contribution in [-0.2, 0) is 26.1 Å². The number of hydrogen-bond donors (Lipinski definition) is 5. The van der Waals surface area contributed by atoms with E-state index in [2.05, 4.69) is 71.8 Å². The number of aromatic amines is 1. The molecule has 1 aliphatic rings. The maximum Gasteiger partial charge on any atom is 0.119 e. The van der Waals surface area contributed by atoms with Gasteiger partial charge in [-0.15, -0.1) is 0 Å². The van der Waals surface area contributed by atoms with Gasteiger partial charge in [0.15, 0.2) is 0 Å².